The van der Waals surface area contributed by atoms with E-state index in [1.807, 2.05) is 12.1 Å². The first-order chi connectivity index (χ1) is 6.24. The van der Waals surface area contributed by atoms with Gasteiger partial charge in [-0.05, 0) is 0 Å². The minimum atomic E-state index is 0.935. The first kappa shape index (κ1) is 8.23. The van der Waals surface area contributed by atoms with Gasteiger partial charge in [-0.25, -0.2) is 0 Å². The largest absolute Gasteiger partial charge is 0.454 e. The molecule has 13 heavy (non-hydrogen) atoms. The maximum absolute atomic E-state index is 5.62. The summed E-state index contributed by atoms with van der Waals surface area (Å²) in [5.74, 6) is 0. The number of hydrogen-bond acceptors (Lipinski definition) is 5. The van der Waals surface area contributed by atoms with Crippen LogP contribution in [0.2, 0.25) is 0 Å². The summed E-state index contributed by atoms with van der Waals surface area (Å²) in [6.45, 7) is 0. The van der Waals surface area contributed by atoms with Gasteiger partial charge in [0.2, 0.25) is 0 Å². The summed E-state index contributed by atoms with van der Waals surface area (Å²) in [5.41, 5.74) is 1.87. The van der Waals surface area contributed by atoms with Crippen molar-refractivity contribution in [1.29, 1.82) is 0 Å². The van der Waals surface area contributed by atoms with Crippen molar-refractivity contribution < 1.29 is 4.42 Å². The van der Waals surface area contributed by atoms with Crippen LogP contribution in [0, 0.1) is 0 Å². The Morgan fingerprint density at radius 1 is 0.923 bits per heavy atom. The lowest BCUT2D eigenvalue weighted by Crippen LogP contribution is -1.46. The SMILES string of the molecule is Sc1cc2oc3cc(S)sc3c2s1. The van der Waals surface area contributed by atoms with Crippen LogP contribution in [0.25, 0.3) is 20.6 Å². The molecule has 0 unspecified atom stereocenters. The molecule has 3 aromatic heterocycles. The van der Waals surface area contributed by atoms with Crippen molar-refractivity contribution in [2.75, 3.05) is 0 Å². The monoisotopic (exact) mass is 244 g/mol. The van der Waals surface area contributed by atoms with E-state index in [1.54, 1.807) is 22.7 Å². The average Bonchev–Trinajstić information content (AvgIpc) is 2.60. The smallest absolute Gasteiger partial charge is 0.148 e. The molecule has 0 saturated heterocycles. The van der Waals surface area contributed by atoms with Crippen LogP contribution < -0.4 is 0 Å². The second kappa shape index (κ2) is 2.70. The second-order valence-corrected chi connectivity index (χ2v) is 6.33. The van der Waals surface area contributed by atoms with Crippen molar-refractivity contribution in [2.45, 2.75) is 8.42 Å². The summed E-state index contributed by atoms with van der Waals surface area (Å²) in [5, 5.41) is 0. The molecule has 0 saturated carbocycles. The lowest BCUT2D eigenvalue weighted by atomic mass is 10.5. The molecule has 0 aliphatic carbocycles. The number of fused-ring (bicyclic) bond motifs is 3. The lowest BCUT2D eigenvalue weighted by molar-refractivity contribution is 0.669. The van der Waals surface area contributed by atoms with Crippen molar-refractivity contribution in [2.24, 2.45) is 0 Å². The summed E-state index contributed by atoms with van der Waals surface area (Å²) >= 11 is 11.9. The number of thiol groups is 2. The van der Waals surface area contributed by atoms with Gasteiger partial charge in [0.1, 0.15) is 11.2 Å². The molecule has 3 heterocycles. The molecule has 0 N–H and O–H groups in total. The molecule has 0 amide bonds. The fraction of sp³-hybridized carbons (Fsp3) is 0. The topological polar surface area (TPSA) is 13.1 Å². The quantitative estimate of drug-likeness (QED) is 0.563. The maximum Gasteiger partial charge on any atom is 0.148 e. The van der Waals surface area contributed by atoms with Crippen molar-refractivity contribution in [3.8, 4) is 0 Å². The van der Waals surface area contributed by atoms with Crippen LogP contribution in [-0.4, -0.2) is 0 Å². The zero-order valence-corrected chi connectivity index (χ0v) is 9.70. The van der Waals surface area contributed by atoms with Crippen LogP contribution in [0.15, 0.2) is 25.0 Å². The third-order valence-electron chi connectivity index (χ3n) is 1.80. The van der Waals surface area contributed by atoms with Crippen LogP contribution >= 0.6 is 47.9 Å². The van der Waals surface area contributed by atoms with E-state index < -0.39 is 0 Å². The fourth-order valence-corrected chi connectivity index (χ4v) is 3.88. The van der Waals surface area contributed by atoms with E-state index in [4.69, 9.17) is 4.42 Å². The molecule has 0 radical (unpaired) electrons. The summed E-state index contributed by atoms with van der Waals surface area (Å²) < 4.78 is 9.97. The molecule has 0 spiro atoms. The molecule has 0 bridgehead atoms. The predicted octanol–water partition coefficient (Wildman–Crippen LogP) is 4.29. The lowest BCUT2D eigenvalue weighted by Gasteiger charge is -1.74. The molecule has 0 aromatic carbocycles. The number of rotatable bonds is 0. The molecule has 0 atom stereocenters. The Morgan fingerprint density at radius 3 is 1.85 bits per heavy atom. The van der Waals surface area contributed by atoms with Gasteiger partial charge >= 0.3 is 0 Å². The Balaban J connectivity index is 2.56. The van der Waals surface area contributed by atoms with Gasteiger partial charge in [-0.3, -0.25) is 0 Å². The second-order valence-electron chi connectivity index (χ2n) is 2.66. The highest BCUT2D eigenvalue weighted by Gasteiger charge is 2.12. The van der Waals surface area contributed by atoms with E-state index >= 15 is 0 Å². The van der Waals surface area contributed by atoms with Crippen LogP contribution in [0.1, 0.15) is 0 Å². The normalized spacial score (nSPS) is 11.8. The first-order valence-electron chi connectivity index (χ1n) is 3.58. The van der Waals surface area contributed by atoms with Crippen LogP contribution in [0.4, 0.5) is 0 Å². The highest BCUT2D eigenvalue weighted by atomic mass is 32.2. The maximum atomic E-state index is 5.62. The van der Waals surface area contributed by atoms with E-state index in [9.17, 15) is 0 Å². The Morgan fingerprint density at radius 2 is 1.38 bits per heavy atom. The van der Waals surface area contributed by atoms with Gasteiger partial charge < -0.3 is 4.42 Å². The zero-order chi connectivity index (χ0) is 9.00. The van der Waals surface area contributed by atoms with Crippen molar-refractivity contribution in [3.05, 3.63) is 12.1 Å². The molecular formula is C8H4OS4. The standard InChI is InChI=1S/C8H4OS4/c10-5-1-3-7(12-5)8-4(9-3)2-6(11)13-8/h1-2,10-11H. The minimum Gasteiger partial charge on any atom is -0.454 e. The van der Waals surface area contributed by atoms with Gasteiger partial charge in [-0.15, -0.1) is 47.9 Å². The molecule has 66 valence electrons. The van der Waals surface area contributed by atoms with Crippen LogP contribution in [0.5, 0.6) is 0 Å². The minimum absolute atomic E-state index is 0.935. The van der Waals surface area contributed by atoms with E-state index in [2.05, 4.69) is 25.3 Å². The van der Waals surface area contributed by atoms with Gasteiger partial charge in [0.15, 0.2) is 0 Å². The van der Waals surface area contributed by atoms with E-state index in [0.717, 1.165) is 19.6 Å². The fourth-order valence-electron chi connectivity index (χ4n) is 1.31. The molecule has 0 aliphatic rings. The molecule has 0 aliphatic heterocycles. The average molecular weight is 244 g/mol. The molecule has 3 rings (SSSR count). The Kier molecular flexibility index (Phi) is 1.71. The molecule has 3 aromatic rings. The van der Waals surface area contributed by atoms with E-state index in [0.29, 0.717) is 0 Å². The highest BCUT2D eigenvalue weighted by molar-refractivity contribution is 7.83. The third kappa shape index (κ3) is 1.15. The Hall–Kier alpha value is -0.100. The van der Waals surface area contributed by atoms with Crippen molar-refractivity contribution in [3.63, 3.8) is 0 Å². The zero-order valence-electron chi connectivity index (χ0n) is 6.27. The first-order valence-corrected chi connectivity index (χ1v) is 6.10. The van der Waals surface area contributed by atoms with Gasteiger partial charge in [0.25, 0.3) is 0 Å². The van der Waals surface area contributed by atoms with Crippen molar-refractivity contribution in [1.82, 2.24) is 0 Å². The van der Waals surface area contributed by atoms with Crippen LogP contribution in [-0.2, 0) is 0 Å². The molecule has 5 heteroatoms. The predicted molar refractivity (Wildman–Crippen MR) is 64.0 cm³/mol. The summed E-state index contributed by atoms with van der Waals surface area (Å²) in [4.78, 5) is 0. The summed E-state index contributed by atoms with van der Waals surface area (Å²) in [7, 11) is 0. The third-order valence-corrected chi connectivity index (χ3v) is 4.60. The van der Waals surface area contributed by atoms with Gasteiger partial charge in [-0.2, -0.15) is 0 Å². The number of furan rings is 1. The summed E-state index contributed by atoms with van der Waals surface area (Å²) in [6, 6.07) is 3.90. The number of thiophene rings is 2. The molecular weight excluding hydrogens is 240 g/mol. The van der Waals surface area contributed by atoms with E-state index in [1.165, 1.54) is 9.40 Å². The Labute approximate surface area is 93.2 Å². The van der Waals surface area contributed by atoms with Gasteiger partial charge in [0, 0.05) is 12.1 Å². The highest BCUT2D eigenvalue weighted by Crippen LogP contribution is 2.41. The van der Waals surface area contributed by atoms with Crippen LogP contribution in [0.3, 0.4) is 0 Å². The van der Waals surface area contributed by atoms with E-state index in [-0.39, 0.29) is 0 Å². The number of hydrogen-bond donors (Lipinski definition) is 2. The van der Waals surface area contributed by atoms with Gasteiger partial charge in [-0.1, -0.05) is 0 Å². The van der Waals surface area contributed by atoms with Gasteiger partial charge in [0.05, 0.1) is 17.8 Å². The van der Waals surface area contributed by atoms with Crippen molar-refractivity contribution >= 4 is 68.5 Å². The Bertz CT molecular complexity index is 535. The molecule has 0 fully saturated rings. The molecule has 1 nitrogen and oxygen atoms in total. The summed E-state index contributed by atoms with van der Waals surface area (Å²) in [6.07, 6.45) is 0.